The van der Waals surface area contributed by atoms with E-state index in [1.807, 2.05) is 35.2 Å². The molecule has 1 aliphatic rings. The number of morpholine rings is 1. The molecule has 0 saturated carbocycles. The van der Waals surface area contributed by atoms with Gasteiger partial charge in [0, 0.05) is 48.9 Å². The van der Waals surface area contributed by atoms with Gasteiger partial charge in [0.15, 0.2) is 0 Å². The highest BCUT2D eigenvalue weighted by Crippen LogP contribution is 2.21. The van der Waals surface area contributed by atoms with Gasteiger partial charge in [-0.15, -0.1) is 11.3 Å². The number of rotatable bonds is 10. The number of ether oxygens (including phenoxy) is 1. The van der Waals surface area contributed by atoms with Gasteiger partial charge in [-0.3, -0.25) is 14.5 Å². The Morgan fingerprint density at radius 3 is 2.29 bits per heavy atom. The highest BCUT2D eigenvalue weighted by atomic mass is 32.1. The van der Waals surface area contributed by atoms with Crippen molar-refractivity contribution in [1.82, 2.24) is 14.7 Å². The van der Waals surface area contributed by atoms with Crippen LogP contribution in [0.1, 0.15) is 42.5 Å². The monoisotopic (exact) mass is 485 g/mol. The quantitative estimate of drug-likeness (QED) is 0.507. The van der Waals surface area contributed by atoms with Crippen LogP contribution in [-0.2, 0) is 27.4 Å². The van der Waals surface area contributed by atoms with Crippen molar-refractivity contribution in [2.24, 2.45) is 5.41 Å². The molecule has 2 aromatic rings. The molecule has 0 N–H and O–H groups in total. The van der Waals surface area contributed by atoms with Crippen molar-refractivity contribution in [3.05, 3.63) is 57.8 Å². The molecule has 0 bridgehead atoms. The summed E-state index contributed by atoms with van der Waals surface area (Å²) >= 11 is 1.71. The zero-order chi connectivity index (χ0) is 24.6. The van der Waals surface area contributed by atoms with Gasteiger partial charge in [0.2, 0.25) is 11.8 Å². The van der Waals surface area contributed by atoms with E-state index in [9.17, 15) is 9.59 Å². The number of thiophene rings is 1. The Kier molecular flexibility index (Phi) is 9.68. The van der Waals surface area contributed by atoms with Gasteiger partial charge in [-0.2, -0.15) is 0 Å². The fourth-order valence-electron chi connectivity index (χ4n) is 4.00. The van der Waals surface area contributed by atoms with E-state index in [-0.39, 0.29) is 23.8 Å². The first-order valence-electron chi connectivity index (χ1n) is 12.1. The van der Waals surface area contributed by atoms with Crippen LogP contribution in [-0.4, -0.2) is 72.5 Å². The molecule has 1 aliphatic heterocycles. The third kappa shape index (κ3) is 8.85. The van der Waals surface area contributed by atoms with Crippen molar-refractivity contribution in [2.75, 3.05) is 45.9 Å². The number of aryl methyl sites for hydroxylation is 1. The summed E-state index contributed by atoms with van der Waals surface area (Å²) in [6.07, 6.45) is 0.423. The van der Waals surface area contributed by atoms with Crippen molar-refractivity contribution < 1.29 is 14.3 Å². The third-order valence-corrected chi connectivity index (χ3v) is 6.85. The van der Waals surface area contributed by atoms with Crippen LogP contribution in [0.4, 0.5) is 0 Å². The molecule has 0 spiro atoms. The lowest BCUT2D eigenvalue weighted by Crippen LogP contribution is -2.47. The van der Waals surface area contributed by atoms with Gasteiger partial charge in [-0.05, 0) is 30.0 Å². The van der Waals surface area contributed by atoms with Gasteiger partial charge in [0.1, 0.15) is 0 Å². The summed E-state index contributed by atoms with van der Waals surface area (Å²) in [6, 6.07) is 14.2. The number of nitrogens with zero attached hydrogens (tertiary/aromatic N) is 3. The van der Waals surface area contributed by atoms with Crippen molar-refractivity contribution >= 4 is 23.2 Å². The van der Waals surface area contributed by atoms with E-state index in [4.69, 9.17) is 4.74 Å². The molecule has 3 rings (SSSR count). The van der Waals surface area contributed by atoms with Crippen LogP contribution in [0.25, 0.3) is 0 Å². The first-order chi connectivity index (χ1) is 16.2. The third-order valence-electron chi connectivity index (χ3n) is 5.86. The Bertz CT molecular complexity index is 917. The zero-order valence-electron chi connectivity index (χ0n) is 21.1. The fourth-order valence-corrected chi connectivity index (χ4v) is 4.91. The van der Waals surface area contributed by atoms with Crippen molar-refractivity contribution in [3.8, 4) is 0 Å². The molecule has 2 heterocycles. The molecule has 2 amide bonds. The van der Waals surface area contributed by atoms with Crippen LogP contribution in [0.2, 0.25) is 0 Å². The lowest BCUT2D eigenvalue weighted by atomic mass is 9.91. The molecule has 0 atom stereocenters. The fraction of sp³-hybridized carbons (Fsp3) is 0.556. The van der Waals surface area contributed by atoms with Crippen LogP contribution in [0.15, 0.2) is 42.5 Å². The smallest absolute Gasteiger partial charge is 0.242 e. The molecule has 6 nitrogen and oxygen atoms in total. The first kappa shape index (κ1) is 26.4. The van der Waals surface area contributed by atoms with E-state index < -0.39 is 0 Å². The van der Waals surface area contributed by atoms with Gasteiger partial charge in [-0.1, -0.05) is 51.1 Å². The molecule has 0 aliphatic carbocycles. The molecular formula is C27H39N3O3S. The first-order valence-corrected chi connectivity index (χ1v) is 13.0. The van der Waals surface area contributed by atoms with E-state index in [0.29, 0.717) is 26.1 Å². The second-order valence-electron chi connectivity index (χ2n) is 10.3. The maximum atomic E-state index is 13.6. The van der Waals surface area contributed by atoms with Crippen LogP contribution < -0.4 is 0 Å². The molecule has 0 radical (unpaired) electrons. The van der Waals surface area contributed by atoms with Gasteiger partial charge in [0.05, 0.1) is 26.3 Å². The number of benzene rings is 1. The van der Waals surface area contributed by atoms with Gasteiger partial charge >= 0.3 is 0 Å². The highest BCUT2D eigenvalue weighted by molar-refractivity contribution is 7.11. The second kappa shape index (κ2) is 12.5. The Labute approximate surface area is 208 Å². The molecule has 0 unspecified atom stereocenters. The van der Waals surface area contributed by atoms with Crippen LogP contribution in [0.5, 0.6) is 0 Å². The maximum absolute atomic E-state index is 13.6. The molecule has 7 heteroatoms. The van der Waals surface area contributed by atoms with Crippen LogP contribution >= 0.6 is 11.3 Å². The average Bonchev–Trinajstić information content (AvgIpc) is 3.20. The number of amides is 2. The number of hydrogen-bond acceptors (Lipinski definition) is 5. The summed E-state index contributed by atoms with van der Waals surface area (Å²) in [6.45, 7) is 14.0. The summed E-state index contributed by atoms with van der Waals surface area (Å²) in [7, 11) is 0. The van der Waals surface area contributed by atoms with E-state index in [0.717, 1.165) is 43.3 Å². The van der Waals surface area contributed by atoms with Crippen LogP contribution in [0.3, 0.4) is 0 Å². The van der Waals surface area contributed by atoms with E-state index in [1.165, 1.54) is 4.88 Å². The van der Waals surface area contributed by atoms with Crippen molar-refractivity contribution in [2.45, 2.75) is 47.2 Å². The summed E-state index contributed by atoms with van der Waals surface area (Å²) < 4.78 is 5.45. The zero-order valence-corrected chi connectivity index (χ0v) is 21.9. The average molecular weight is 486 g/mol. The van der Waals surface area contributed by atoms with E-state index >= 15 is 0 Å². The normalized spacial score (nSPS) is 14.7. The Balaban J connectivity index is 1.73. The predicted molar refractivity (Wildman–Crippen MR) is 138 cm³/mol. The van der Waals surface area contributed by atoms with Gasteiger partial charge < -0.3 is 14.5 Å². The molecule has 186 valence electrons. The topological polar surface area (TPSA) is 53.1 Å². The summed E-state index contributed by atoms with van der Waals surface area (Å²) in [5, 5.41) is 0. The number of hydrogen-bond donors (Lipinski definition) is 0. The minimum absolute atomic E-state index is 0.0147. The minimum atomic E-state index is -0.129. The molecular weight excluding hydrogens is 446 g/mol. The standard InChI is InChI=1S/C27H39N3O3S/c1-22-10-11-24(34-22)20-30(19-23-8-6-5-7-9-23)26(32)21-29(25(31)18-27(2,3)4)13-12-28-14-16-33-17-15-28/h5-11H,12-21H2,1-4H3. The molecule has 1 fully saturated rings. The van der Waals surface area contributed by atoms with E-state index in [2.05, 4.69) is 44.7 Å². The molecule has 34 heavy (non-hydrogen) atoms. The predicted octanol–water partition coefficient (Wildman–Crippen LogP) is 4.18. The maximum Gasteiger partial charge on any atom is 0.242 e. The van der Waals surface area contributed by atoms with Gasteiger partial charge in [-0.25, -0.2) is 0 Å². The van der Waals surface area contributed by atoms with E-state index in [1.54, 1.807) is 16.2 Å². The summed E-state index contributed by atoms with van der Waals surface area (Å²) in [5.74, 6) is 0.0277. The number of carbonyl (C=O) groups is 2. The van der Waals surface area contributed by atoms with Gasteiger partial charge in [0.25, 0.3) is 0 Å². The Morgan fingerprint density at radius 1 is 0.971 bits per heavy atom. The lowest BCUT2D eigenvalue weighted by molar-refractivity contribution is -0.142. The minimum Gasteiger partial charge on any atom is -0.379 e. The Hall–Kier alpha value is -2.22. The molecule has 1 aromatic heterocycles. The summed E-state index contributed by atoms with van der Waals surface area (Å²) in [4.78, 5) is 35.2. The second-order valence-corrected chi connectivity index (χ2v) is 11.6. The van der Waals surface area contributed by atoms with Crippen molar-refractivity contribution in [1.29, 1.82) is 0 Å². The lowest BCUT2D eigenvalue weighted by Gasteiger charge is -2.32. The number of carbonyl (C=O) groups excluding carboxylic acids is 2. The Morgan fingerprint density at radius 2 is 1.68 bits per heavy atom. The largest absolute Gasteiger partial charge is 0.379 e. The summed E-state index contributed by atoms with van der Waals surface area (Å²) in [5.41, 5.74) is 0.959. The SMILES string of the molecule is Cc1ccc(CN(Cc2ccccc2)C(=O)CN(CCN2CCOCC2)C(=O)CC(C)(C)C)s1. The highest BCUT2D eigenvalue weighted by Gasteiger charge is 2.26. The molecule has 1 saturated heterocycles. The van der Waals surface area contributed by atoms with Crippen LogP contribution in [0, 0.1) is 12.3 Å². The van der Waals surface area contributed by atoms with Crippen molar-refractivity contribution in [3.63, 3.8) is 0 Å². The molecule has 1 aromatic carbocycles.